The number of piperidine rings is 1. The topological polar surface area (TPSA) is 85.3 Å². The summed E-state index contributed by atoms with van der Waals surface area (Å²) in [4.78, 5) is 16.2. The van der Waals surface area contributed by atoms with Gasteiger partial charge in [-0.25, -0.2) is 4.98 Å². The lowest BCUT2D eigenvalue weighted by molar-refractivity contribution is -0.380. The monoisotopic (exact) mass is 242 g/mol. The molecule has 16 heavy (non-hydrogen) atoms. The van der Waals surface area contributed by atoms with Gasteiger partial charge in [0.05, 0.1) is 4.92 Å². The number of hydrogen-bond donors (Lipinski definition) is 1. The normalized spacial score (nSPS) is 25.8. The first kappa shape index (κ1) is 11.3. The number of nitro groups is 1. The maximum Gasteiger partial charge on any atom is 0.345 e. The van der Waals surface area contributed by atoms with E-state index in [0.717, 1.165) is 30.8 Å². The van der Waals surface area contributed by atoms with Crippen molar-refractivity contribution in [3.8, 4) is 0 Å². The van der Waals surface area contributed by atoms with Crippen molar-refractivity contribution in [3.63, 3.8) is 0 Å². The summed E-state index contributed by atoms with van der Waals surface area (Å²) in [5.41, 5.74) is 5.97. The average molecular weight is 242 g/mol. The maximum atomic E-state index is 10.5. The number of anilines is 1. The molecule has 1 saturated heterocycles. The third-order valence-electron chi connectivity index (χ3n) is 2.95. The van der Waals surface area contributed by atoms with Gasteiger partial charge in [0.2, 0.25) is 0 Å². The number of aromatic nitrogens is 1. The predicted molar refractivity (Wildman–Crippen MR) is 62.7 cm³/mol. The molecule has 88 valence electrons. The Kier molecular flexibility index (Phi) is 3.06. The van der Waals surface area contributed by atoms with Gasteiger partial charge in [-0.05, 0) is 23.7 Å². The summed E-state index contributed by atoms with van der Waals surface area (Å²) in [6.07, 6.45) is 2.32. The van der Waals surface area contributed by atoms with Gasteiger partial charge >= 0.3 is 5.00 Å². The van der Waals surface area contributed by atoms with Gasteiger partial charge in [0, 0.05) is 19.1 Å². The molecule has 1 aromatic rings. The quantitative estimate of drug-likeness (QED) is 0.622. The standard InChI is InChI=1S/C9H14N4O2S/c1-6-2-3-12(5-7(6)10)9-11-4-8(16-9)13(14)15/h4,6-7H,2-3,5,10H2,1H3. The van der Waals surface area contributed by atoms with Crippen LogP contribution in [0.4, 0.5) is 10.1 Å². The van der Waals surface area contributed by atoms with E-state index in [9.17, 15) is 10.1 Å². The number of nitrogens with zero attached hydrogens (tertiary/aromatic N) is 3. The number of rotatable bonds is 2. The highest BCUT2D eigenvalue weighted by Gasteiger charge is 2.26. The van der Waals surface area contributed by atoms with Crippen LogP contribution in [0, 0.1) is 16.0 Å². The molecular formula is C9H14N4O2S. The van der Waals surface area contributed by atoms with Gasteiger partial charge in [0.15, 0.2) is 5.13 Å². The Morgan fingerprint density at radius 2 is 2.50 bits per heavy atom. The minimum absolute atomic E-state index is 0.0854. The van der Waals surface area contributed by atoms with Crippen molar-refractivity contribution in [1.82, 2.24) is 4.98 Å². The van der Waals surface area contributed by atoms with E-state index >= 15 is 0 Å². The molecule has 0 aromatic carbocycles. The number of hydrogen-bond acceptors (Lipinski definition) is 6. The first-order valence-electron chi connectivity index (χ1n) is 5.18. The minimum atomic E-state index is -0.409. The maximum absolute atomic E-state index is 10.5. The lowest BCUT2D eigenvalue weighted by atomic mass is 9.95. The first-order valence-corrected chi connectivity index (χ1v) is 6.00. The van der Waals surface area contributed by atoms with Gasteiger partial charge in [0.25, 0.3) is 0 Å². The highest BCUT2D eigenvalue weighted by molar-refractivity contribution is 7.18. The molecule has 0 bridgehead atoms. The fraction of sp³-hybridized carbons (Fsp3) is 0.667. The van der Waals surface area contributed by atoms with E-state index in [0.29, 0.717) is 11.0 Å². The molecule has 0 saturated carbocycles. The van der Waals surface area contributed by atoms with Crippen molar-refractivity contribution in [2.75, 3.05) is 18.0 Å². The summed E-state index contributed by atoms with van der Waals surface area (Å²) < 4.78 is 0. The van der Waals surface area contributed by atoms with Crippen molar-refractivity contribution >= 4 is 21.5 Å². The molecule has 0 aliphatic carbocycles. The summed E-state index contributed by atoms with van der Waals surface area (Å²) >= 11 is 1.11. The Morgan fingerprint density at radius 1 is 1.75 bits per heavy atom. The predicted octanol–water partition coefficient (Wildman–Crippen LogP) is 1.22. The SMILES string of the molecule is CC1CCN(c2ncc([N+](=O)[O-])s2)CC1N. The van der Waals surface area contributed by atoms with Crippen LogP contribution in [0.1, 0.15) is 13.3 Å². The summed E-state index contributed by atoms with van der Waals surface area (Å²) in [6, 6.07) is 0.122. The van der Waals surface area contributed by atoms with Crippen LogP contribution >= 0.6 is 11.3 Å². The number of thiazole rings is 1. The van der Waals surface area contributed by atoms with Crippen LogP contribution in [0.15, 0.2) is 6.20 Å². The molecule has 2 rings (SSSR count). The van der Waals surface area contributed by atoms with E-state index in [1.165, 1.54) is 6.20 Å². The van der Waals surface area contributed by atoms with Crippen molar-refractivity contribution in [3.05, 3.63) is 16.3 Å². The van der Waals surface area contributed by atoms with Gasteiger partial charge in [-0.2, -0.15) is 0 Å². The molecule has 6 nitrogen and oxygen atoms in total. The van der Waals surface area contributed by atoms with Crippen LogP contribution in [0.25, 0.3) is 0 Å². The zero-order valence-electron chi connectivity index (χ0n) is 9.00. The smallest absolute Gasteiger partial charge is 0.345 e. The molecule has 2 unspecified atom stereocenters. The molecule has 7 heteroatoms. The van der Waals surface area contributed by atoms with Crippen LogP contribution < -0.4 is 10.6 Å². The zero-order valence-corrected chi connectivity index (χ0v) is 9.81. The van der Waals surface area contributed by atoms with Crippen LogP contribution in [0.5, 0.6) is 0 Å². The summed E-state index contributed by atoms with van der Waals surface area (Å²) in [5.74, 6) is 0.506. The van der Waals surface area contributed by atoms with Crippen molar-refractivity contribution < 1.29 is 4.92 Å². The summed E-state index contributed by atoms with van der Waals surface area (Å²) in [7, 11) is 0. The van der Waals surface area contributed by atoms with Crippen molar-refractivity contribution in [2.24, 2.45) is 11.7 Å². The van der Waals surface area contributed by atoms with Crippen LogP contribution in [0.3, 0.4) is 0 Å². The van der Waals surface area contributed by atoms with Crippen LogP contribution in [-0.4, -0.2) is 29.0 Å². The van der Waals surface area contributed by atoms with E-state index in [2.05, 4.69) is 11.9 Å². The Morgan fingerprint density at radius 3 is 3.06 bits per heavy atom. The molecule has 1 aliphatic heterocycles. The van der Waals surface area contributed by atoms with E-state index in [4.69, 9.17) is 5.73 Å². The Hall–Kier alpha value is -1.21. The fourth-order valence-corrected chi connectivity index (χ4v) is 2.53. The van der Waals surface area contributed by atoms with Gasteiger partial charge in [-0.15, -0.1) is 0 Å². The third kappa shape index (κ3) is 2.14. The molecule has 0 amide bonds. The molecule has 2 heterocycles. The molecule has 1 aliphatic rings. The van der Waals surface area contributed by atoms with Crippen molar-refractivity contribution in [2.45, 2.75) is 19.4 Å². The van der Waals surface area contributed by atoms with Crippen molar-refractivity contribution in [1.29, 1.82) is 0 Å². The van der Waals surface area contributed by atoms with Crippen LogP contribution in [0.2, 0.25) is 0 Å². The Bertz CT molecular complexity index is 395. The second kappa shape index (κ2) is 4.34. The Balaban J connectivity index is 2.09. The first-order chi connectivity index (χ1) is 7.58. The molecule has 2 atom stereocenters. The van der Waals surface area contributed by atoms with E-state index < -0.39 is 4.92 Å². The molecular weight excluding hydrogens is 228 g/mol. The molecule has 1 aromatic heterocycles. The van der Waals surface area contributed by atoms with Gasteiger partial charge < -0.3 is 10.6 Å². The van der Waals surface area contributed by atoms with Gasteiger partial charge in [-0.1, -0.05) is 6.92 Å². The second-order valence-corrected chi connectivity index (χ2v) is 5.10. The summed E-state index contributed by atoms with van der Waals surface area (Å²) in [5, 5.41) is 11.3. The Labute approximate surface area is 97.2 Å². The average Bonchev–Trinajstić information content (AvgIpc) is 2.71. The second-order valence-electron chi connectivity index (χ2n) is 4.11. The lowest BCUT2D eigenvalue weighted by Gasteiger charge is -2.34. The molecule has 1 fully saturated rings. The van der Waals surface area contributed by atoms with E-state index in [-0.39, 0.29) is 11.0 Å². The minimum Gasteiger partial charge on any atom is -0.346 e. The van der Waals surface area contributed by atoms with Gasteiger partial charge in [-0.3, -0.25) is 10.1 Å². The number of nitrogens with two attached hydrogens (primary N) is 1. The summed E-state index contributed by atoms with van der Waals surface area (Å²) in [6.45, 7) is 3.73. The largest absolute Gasteiger partial charge is 0.346 e. The molecule has 0 spiro atoms. The zero-order chi connectivity index (χ0) is 11.7. The fourth-order valence-electron chi connectivity index (χ4n) is 1.76. The van der Waals surface area contributed by atoms with Gasteiger partial charge in [0.1, 0.15) is 6.20 Å². The third-order valence-corrected chi connectivity index (χ3v) is 3.96. The van der Waals surface area contributed by atoms with E-state index in [1.807, 2.05) is 4.90 Å². The lowest BCUT2D eigenvalue weighted by Crippen LogP contribution is -2.47. The van der Waals surface area contributed by atoms with E-state index in [1.54, 1.807) is 0 Å². The molecule has 0 radical (unpaired) electrons. The molecule has 2 N–H and O–H groups in total. The highest BCUT2D eigenvalue weighted by atomic mass is 32.1. The van der Waals surface area contributed by atoms with Crippen LogP contribution in [-0.2, 0) is 0 Å². The highest BCUT2D eigenvalue weighted by Crippen LogP contribution is 2.30.